The molecule has 0 spiro atoms. The lowest BCUT2D eigenvalue weighted by Gasteiger charge is -2.34. The molecule has 0 saturated carbocycles. The number of nitrogens with two attached hydrogens (primary N) is 1. The second-order valence-electron chi connectivity index (χ2n) is 9.11. The monoisotopic (exact) mass is 457 g/mol. The van der Waals surface area contributed by atoms with E-state index in [-0.39, 0.29) is 11.9 Å². The number of imidazole rings is 1. The van der Waals surface area contributed by atoms with Crippen LogP contribution >= 0.6 is 0 Å². The van der Waals surface area contributed by atoms with E-state index < -0.39 is 0 Å². The van der Waals surface area contributed by atoms with Crippen LogP contribution in [0.3, 0.4) is 0 Å². The van der Waals surface area contributed by atoms with E-state index in [0.717, 1.165) is 78.5 Å². The SMILES string of the molecule is COc1cc(/C=C2\CCCN(C3CCN(c4ccc(N)cc4)C3)C2=O)ccc1-n1cnc(C)c1. The molecule has 2 aromatic carbocycles. The lowest BCUT2D eigenvalue weighted by Crippen LogP contribution is -2.45. The van der Waals surface area contributed by atoms with Gasteiger partial charge in [-0.15, -0.1) is 0 Å². The van der Waals surface area contributed by atoms with Crippen LogP contribution in [-0.2, 0) is 4.79 Å². The molecule has 2 saturated heterocycles. The summed E-state index contributed by atoms with van der Waals surface area (Å²) in [5.74, 6) is 0.908. The zero-order valence-corrected chi connectivity index (χ0v) is 19.8. The summed E-state index contributed by atoms with van der Waals surface area (Å²) in [5, 5.41) is 0. The molecular formula is C27H31N5O2. The van der Waals surface area contributed by atoms with Gasteiger partial charge in [0.15, 0.2) is 0 Å². The minimum atomic E-state index is 0.156. The quantitative estimate of drug-likeness (QED) is 0.462. The molecule has 1 aromatic heterocycles. The van der Waals surface area contributed by atoms with E-state index in [4.69, 9.17) is 10.5 Å². The van der Waals surface area contributed by atoms with E-state index in [9.17, 15) is 4.79 Å². The Labute approximate surface area is 200 Å². The smallest absolute Gasteiger partial charge is 0.250 e. The molecule has 1 atom stereocenters. The number of aryl methyl sites for hydroxylation is 1. The Morgan fingerprint density at radius 1 is 1.15 bits per heavy atom. The van der Waals surface area contributed by atoms with Gasteiger partial charge < -0.3 is 24.8 Å². The van der Waals surface area contributed by atoms with Gasteiger partial charge in [0.2, 0.25) is 5.91 Å². The van der Waals surface area contributed by atoms with Crippen molar-refractivity contribution in [2.75, 3.05) is 37.4 Å². The number of hydrogen-bond donors (Lipinski definition) is 1. The number of benzene rings is 2. The van der Waals surface area contributed by atoms with Gasteiger partial charge in [-0.05, 0) is 74.2 Å². The number of hydrogen-bond acceptors (Lipinski definition) is 5. The third-order valence-electron chi connectivity index (χ3n) is 6.78. The van der Waals surface area contributed by atoms with Crippen LogP contribution in [0.1, 0.15) is 30.5 Å². The highest BCUT2D eigenvalue weighted by Gasteiger charge is 2.34. The number of ether oxygens (including phenoxy) is 1. The third kappa shape index (κ3) is 4.38. The van der Waals surface area contributed by atoms with Crippen molar-refractivity contribution in [3.05, 3.63) is 71.8 Å². The molecule has 5 rings (SSSR count). The van der Waals surface area contributed by atoms with Crippen molar-refractivity contribution in [2.24, 2.45) is 0 Å². The zero-order chi connectivity index (χ0) is 23.7. The molecule has 3 aromatic rings. The van der Waals surface area contributed by atoms with Gasteiger partial charge in [-0.2, -0.15) is 0 Å². The maximum Gasteiger partial charge on any atom is 0.250 e. The van der Waals surface area contributed by atoms with Crippen LogP contribution in [0.15, 0.2) is 60.6 Å². The van der Waals surface area contributed by atoms with E-state index in [0.29, 0.717) is 0 Å². The minimum absolute atomic E-state index is 0.156. The summed E-state index contributed by atoms with van der Waals surface area (Å²) in [6.45, 7) is 4.58. The predicted octanol–water partition coefficient (Wildman–Crippen LogP) is 4.06. The number of carbonyl (C=O) groups is 1. The summed E-state index contributed by atoms with van der Waals surface area (Å²) in [5.41, 5.74) is 11.5. The van der Waals surface area contributed by atoms with Crippen molar-refractivity contribution in [2.45, 2.75) is 32.2 Å². The number of nitrogens with zero attached hydrogens (tertiary/aromatic N) is 4. The van der Waals surface area contributed by atoms with E-state index in [1.165, 1.54) is 0 Å². The Morgan fingerprint density at radius 2 is 1.97 bits per heavy atom. The summed E-state index contributed by atoms with van der Waals surface area (Å²) in [6, 6.07) is 14.3. The van der Waals surface area contributed by atoms with Crippen molar-refractivity contribution in [1.82, 2.24) is 14.5 Å². The Kier molecular flexibility index (Phi) is 6.01. The van der Waals surface area contributed by atoms with Crippen LogP contribution in [0, 0.1) is 6.92 Å². The molecule has 7 heteroatoms. The molecule has 176 valence electrons. The van der Waals surface area contributed by atoms with Gasteiger partial charge in [-0.25, -0.2) is 4.98 Å². The van der Waals surface area contributed by atoms with Gasteiger partial charge in [-0.1, -0.05) is 6.07 Å². The van der Waals surface area contributed by atoms with Crippen LogP contribution in [0.4, 0.5) is 11.4 Å². The fourth-order valence-corrected chi connectivity index (χ4v) is 4.98. The first-order valence-electron chi connectivity index (χ1n) is 11.8. The Morgan fingerprint density at radius 3 is 2.71 bits per heavy atom. The third-order valence-corrected chi connectivity index (χ3v) is 6.78. The van der Waals surface area contributed by atoms with E-state index >= 15 is 0 Å². The molecule has 2 aliphatic heterocycles. The molecule has 7 nitrogen and oxygen atoms in total. The molecule has 2 aliphatic rings. The van der Waals surface area contributed by atoms with Gasteiger partial charge in [0.25, 0.3) is 0 Å². The van der Waals surface area contributed by atoms with Gasteiger partial charge in [0.05, 0.1) is 30.9 Å². The minimum Gasteiger partial charge on any atom is -0.495 e. The number of amides is 1. The van der Waals surface area contributed by atoms with Crippen LogP contribution in [0.5, 0.6) is 5.75 Å². The van der Waals surface area contributed by atoms with Crippen LogP contribution in [0.25, 0.3) is 11.8 Å². The van der Waals surface area contributed by atoms with Crippen molar-refractivity contribution < 1.29 is 9.53 Å². The molecule has 1 unspecified atom stereocenters. The van der Waals surface area contributed by atoms with E-state index in [1.807, 2.05) is 54.1 Å². The number of carbonyl (C=O) groups excluding carboxylic acids is 1. The normalized spacial score (nSPS) is 19.8. The second kappa shape index (κ2) is 9.25. The predicted molar refractivity (Wildman–Crippen MR) is 135 cm³/mol. The average molecular weight is 458 g/mol. The Hall–Kier alpha value is -3.74. The highest BCUT2D eigenvalue weighted by molar-refractivity contribution is 5.98. The molecule has 3 heterocycles. The maximum atomic E-state index is 13.4. The number of rotatable bonds is 5. The Bertz CT molecular complexity index is 1210. The van der Waals surface area contributed by atoms with E-state index in [1.54, 1.807) is 13.4 Å². The van der Waals surface area contributed by atoms with Crippen molar-refractivity contribution in [1.29, 1.82) is 0 Å². The average Bonchev–Trinajstić information content (AvgIpc) is 3.50. The topological polar surface area (TPSA) is 76.6 Å². The number of likely N-dealkylation sites (tertiary alicyclic amines) is 1. The van der Waals surface area contributed by atoms with Crippen LogP contribution in [0.2, 0.25) is 0 Å². The van der Waals surface area contributed by atoms with Gasteiger partial charge in [0, 0.05) is 42.8 Å². The molecule has 0 radical (unpaired) electrons. The highest BCUT2D eigenvalue weighted by Crippen LogP contribution is 2.30. The fourth-order valence-electron chi connectivity index (χ4n) is 4.98. The lowest BCUT2D eigenvalue weighted by atomic mass is 9.98. The first-order valence-corrected chi connectivity index (χ1v) is 11.8. The molecule has 1 amide bonds. The molecule has 2 fully saturated rings. The summed E-state index contributed by atoms with van der Waals surface area (Å²) in [4.78, 5) is 22.2. The van der Waals surface area contributed by atoms with Gasteiger partial charge in [0.1, 0.15) is 5.75 Å². The first kappa shape index (κ1) is 22.1. The molecular weight excluding hydrogens is 426 g/mol. The number of piperidine rings is 1. The van der Waals surface area contributed by atoms with Crippen LogP contribution < -0.4 is 15.4 Å². The summed E-state index contributed by atoms with van der Waals surface area (Å²) < 4.78 is 7.59. The number of nitrogen functional groups attached to an aromatic ring is 1. The Balaban J connectivity index is 1.32. The second-order valence-corrected chi connectivity index (χ2v) is 9.11. The molecule has 0 aliphatic carbocycles. The molecule has 0 bridgehead atoms. The first-order chi connectivity index (χ1) is 16.5. The molecule has 34 heavy (non-hydrogen) atoms. The summed E-state index contributed by atoms with van der Waals surface area (Å²) >= 11 is 0. The number of anilines is 2. The fraction of sp³-hybridized carbons (Fsp3) is 0.333. The summed E-state index contributed by atoms with van der Waals surface area (Å²) in [7, 11) is 1.67. The molecule has 2 N–H and O–H groups in total. The zero-order valence-electron chi connectivity index (χ0n) is 19.8. The largest absolute Gasteiger partial charge is 0.495 e. The lowest BCUT2D eigenvalue weighted by molar-refractivity contribution is -0.130. The summed E-state index contributed by atoms with van der Waals surface area (Å²) in [6.07, 6.45) is 8.54. The number of methoxy groups -OCH3 is 1. The number of aromatic nitrogens is 2. The van der Waals surface area contributed by atoms with E-state index in [2.05, 4.69) is 26.9 Å². The van der Waals surface area contributed by atoms with Crippen molar-refractivity contribution in [3.8, 4) is 11.4 Å². The van der Waals surface area contributed by atoms with Crippen molar-refractivity contribution in [3.63, 3.8) is 0 Å². The van der Waals surface area contributed by atoms with Crippen molar-refractivity contribution >= 4 is 23.4 Å². The van der Waals surface area contributed by atoms with Gasteiger partial charge >= 0.3 is 0 Å². The highest BCUT2D eigenvalue weighted by atomic mass is 16.5. The van der Waals surface area contributed by atoms with Gasteiger partial charge in [-0.3, -0.25) is 4.79 Å². The standard InChI is InChI=1S/C27H31N5O2/c1-19-16-31(18-29-19)25-10-5-20(15-26(25)34-2)14-21-4-3-12-32(27(21)33)24-11-13-30(17-24)23-8-6-22(28)7-9-23/h5-10,14-16,18,24H,3-4,11-13,17,28H2,1-2H3/b21-14+. The van der Waals surface area contributed by atoms with Crippen LogP contribution in [-0.4, -0.2) is 53.1 Å². The maximum absolute atomic E-state index is 13.4.